The minimum atomic E-state index is -0.828. The van der Waals surface area contributed by atoms with Gasteiger partial charge >= 0.3 is 12.2 Å². The van der Waals surface area contributed by atoms with E-state index in [0.29, 0.717) is 44.9 Å². The van der Waals surface area contributed by atoms with E-state index in [9.17, 15) is 14.4 Å². The molecule has 3 aromatic rings. The van der Waals surface area contributed by atoms with E-state index < -0.39 is 11.7 Å². The number of aryl methyl sites for hydroxylation is 2. The van der Waals surface area contributed by atoms with Gasteiger partial charge in [0, 0.05) is 52.2 Å². The van der Waals surface area contributed by atoms with Gasteiger partial charge in [-0.15, -0.1) is 22.7 Å². The lowest BCUT2D eigenvalue weighted by molar-refractivity contribution is 0.0182. The predicted molar refractivity (Wildman–Crippen MR) is 160 cm³/mol. The second kappa shape index (κ2) is 12.6. The van der Waals surface area contributed by atoms with Crippen molar-refractivity contribution in [1.82, 2.24) is 15.0 Å². The van der Waals surface area contributed by atoms with Crippen LogP contribution in [-0.4, -0.2) is 69.8 Å². The van der Waals surface area contributed by atoms with E-state index in [0.717, 1.165) is 43.0 Å². The second-order valence-corrected chi connectivity index (χ2v) is 14.7. The fraction of sp³-hybridized carbons (Fsp3) is 0.571. The van der Waals surface area contributed by atoms with Crippen LogP contribution >= 0.6 is 38.6 Å². The number of likely N-dealkylation sites (tertiary alicyclic amines) is 2. The van der Waals surface area contributed by atoms with Gasteiger partial charge in [0.25, 0.3) is 0 Å². The number of halogens is 1. The largest absolute Gasteiger partial charge is 0.465 e. The van der Waals surface area contributed by atoms with Gasteiger partial charge in [-0.2, -0.15) is 0 Å². The molecule has 5 rings (SSSR count). The van der Waals surface area contributed by atoms with Crippen LogP contribution in [0.15, 0.2) is 21.1 Å². The third kappa shape index (κ3) is 7.44. The Morgan fingerprint density at radius 3 is 2.15 bits per heavy atom. The number of Topliss-reactive ketones (excluding diaryl/α,β-unsaturated/α-hetero) is 1. The summed E-state index contributed by atoms with van der Waals surface area (Å²) >= 11 is 6.69. The van der Waals surface area contributed by atoms with Crippen LogP contribution in [0.2, 0.25) is 0 Å². The molecule has 2 saturated heterocycles. The maximum Gasteiger partial charge on any atom is 0.410 e. The molecular weight excluding hydrogens is 618 g/mol. The smallest absolute Gasteiger partial charge is 0.410 e. The molecule has 2 fully saturated rings. The van der Waals surface area contributed by atoms with E-state index in [1.165, 1.54) is 21.1 Å². The average molecular weight is 655 g/mol. The maximum atomic E-state index is 12.6. The van der Waals surface area contributed by atoms with Gasteiger partial charge in [-0.05, 0) is 88.4 Å². The van der Waals surface area contributed by atoms with Crippen molar-refractivity contribution in [3.05, 3.63) is 36.9 Å². The SMILES string of the molecule is Cc1cc(Br)c(C(=O)C2CCN(C(=O)OC(C)(C)C)CC2)s1.Cc1cc2onc(C3CCN(C(=O)O)CC3)c2s1. The summed E-state index contributed by atoms with van der Waals surface area (Å²) < 4.78 is 12.7. The normalized spacial score (nSPS) is 17.1. The Morgan fingerprint density at radius 1 is 1.00 bits per heavy atom. The molecule has 0 unspecified atom stereocenters. The van der Waals surface area contributed by atoms with Gasteiger partial charge in [0.2, 0.25) is 0 Å². The number of ketones is 1. The molecule has 218 valence electrons. The Kier molecular flexibility index (Phi) is 9.62. The molecule has 12 heteroatoms. The summed E-state index contributed by atoms with van der Waals surface area (Å²) in [5, 5.41) is 13.1. The molecule has 2 aliphatic rings. The van der Waals surface area contributed by atoms with Crippen LogP contribution < -0.4 is 0 Å². The highest BCUT2D eigenvalue weighted by molar-refractivity contribution is 9.10. The summed E-state index contributed by atoms with van der Waals surface area (Å²) in [6.07, 6.45) is 1.93. The Morgan fingerprint density at radius 2 is 1.60 bits per heavy atom. The van der Waals surface area contributed by atoms with Gasteiger partial charge in [0.15, 0.2) is 11.4 Å². The average Bonchev–Trinajstić information content (AvgIpc) is 3.56. The van der Waals surface area contributed by atoms with Gasteiger partial charge in [0.05, 0.1) is 9.58 Å². The fourth-order valence-electron chi connectivity index (χ4n) is 4.97. The van der Waals surface area contributed by atoms with Crippen LogP contribution in [0, 0.1) is 19.8 Å². The number of carboxylic acid groups (broad SMARTS) is 1. The van der Waals surface area contributed by atoms with E-state index in [1.807, 2.05) is 39.8 Å². The third-order valence-electron chi connectivity index (χ3n) is 7.00. The number of nitrogens with zero attached hydrogens (tertiary/aromatic N) is 3. The summed E-state index contributed by atoms with van der Waals surface area (Å²) in [6, 6.07) is 3.98. The van der Waals surface area contributed by atoms with E-state index in [4.69, 9.17) is 14.4 Å². The molecule has 0 spiro atoms. The quantitative estimate of drug-likeness (QED) is 0.288. The van der Waals surface area contributed by atoms with Crippen molar-refractivity contribution in [2.45, 2.75) is 71.8 Å². The number of ether oxygens (including phenoxy) is 1. The number of thiophene rings is 2. The first kappa shape index (κ1) is 30.5. The first-order valence-corrected chi connectivity index (χ1v) is 15.9. The Bertz CT molecular complexity index is 1360. The second-order valence-electron chi connectivity index (χ2n) is 11.3. The lowest BCUT2D eigenvalue weighted by atomic mass is 9.92. The van der Waals surface area contributed by atoms with Crippen molar-refractivity contribution in [1.29, 1.82) is 0 Å². The number of aromatic nitrogens is 1. The van der Waals surface area contributed by atoms with Crippen LogP contribution in [0.4, 0.5) is 9.59 Å². The zero-order valence-corrected chi connectivity index (χ0v) is 26.7. The number of carbonyl (C=O) groups is 3. The fourth-order valence-corrected chi connectivity index (χ4v) is 7.82. The van der Waals surface area contributed by atoms with Crippen molar-refractivity contribution in [2.24, 2.45) is 5.92 Å². The number of piperidine rings is 2. The molecule has 2 amide bonds. The van der Waals surface area contributed by atoms with Gasteiger partial charge in [-0.3, -0.25) is 4.79 Å². The molecule has 0 bridgehead atoms. The molecule has 40 heavy (non-hydrogen) atoms. The van der Waals surface area contributed by atoms with Crippen molar-refractivity contribution in [2.75, 3.05) is 26.2 Å². The van der Waals surface area contributed by atoms with Crippen LogP contribution in [0.5, 0.6) is 0 Å². The molecule has 0 aromatic carbocycles. The van der Waals surface area contributed by atoms with Crippen LogP contribution in [-0.2, 0) is 4.74 Å². The van der Waals surface area contributed by atoms with E-state index in [-0.39, 0.29) is 17.8 Å². The monoisotopic (exact) mass is 653 g/mol. The van der Waals surface area contributed by atoms with E-state index in [2.05, 4.69) is 28.0 Å². The summed E-state index contributed by atoms with van der Waals surface area (Å²) in [6.45, 7) is 11.9. The zero-order valence-electron chi connectivity index (χ0n) is 23.5. The summed E-state index contributed by atoms with van der Waals surface area (Å²) in [5.74, 6) is 0.502. The zero-order chi connectivity index (χ0) is 29.2. The molecule has 9 nitrogen and oxygen atoms in total. The lowest BCUT2D eigenvalue weighted by Crippen LogP contribution is -2.42. The van der Waals surface area contributed by atoms with Gasteiger partial charge in [0.1, 0.15) is 11.3 Å². The van der Waals surface area contributed by atoms with Crippen LogP contribution in [0.1, 0.15) is 77.5 Å². The summed E-state index contributed by atoms with van der Waals surface area (Å²) in [4.78, 5) is 41.8. The third-order valence-corrected chi connectivity index (χ3v) is 10.0. The molecule has 3 aromatic heterocycles. The van der Waals surface area contributed by atoms with Gasteiger partial charge in [-0.1, -0.05) is 5.16 Å². The Hall–Kier alpha value is -2.44. The first-order valence-electron chi connectivity index (χ1n) is 13.4. The maximum absolute atomic E-state index is 12.6. The molecule has 0 radical (unpaired) electrons. The molecule has 0 atom stereocenters. The Labute approximate surface area is 250 Å². The molecule has 2 aliphatic heterocycles. The summed E-state index contributed by atoms with van der Waals surface area (Å²) in [7, 11) is 0. The van der Waals surface area contributed by atoms with Crippen molar-refractivity contribution >= 4 is 66.9 Å². The topological polar surface area (TPSA) is 113 Å². The number of hydrogen-bond acceptors (Lipinski definition) is 8. The summed E-state index contributed by atoms with van der Waals surface area (Å²) in [5.41, 5.74) is 1.38. The molecule has 5 heterocycles. The van der Waals surface area contributed by atoms with Crippen molar-refractivity contribution in [3.8, 4) is 0 Å². The standard InChI is InChI=1S/C16H22BrNO3S.C12H14N2O3S/c1-10-9-12(17)14(22-10)13(19)11-5-7-18(8-6-11)15(20)21-16(2,3)4;1-7-6-9-11(18-7)10(13-17-9)8-2-4-14(5-3-8)12(15)16/h9,11H,5-8H2,1-4H3;6,8H,2-5H2,1H3,(H,15,16). The van der Waals surface area contributed by atoms with E-state index >= 15 is 0 Å². The predicted octanol–water partition coefficient (Wildman–Crippen LogP) is 7.70. The highest BCUT2D eigenvalue weighted by Crippen LogP contribution is 2.37. The minimum absolute atomic E-state index is 0.00645. The molecule has 1 N–H and O–H groups in total. The highest BCUT2D eigenvalue weighted by Gasteiger charge is 2.32. The molecule has 0 aliphatic carbocycles. The number of amides is 2. The first-order chi connectivity index (χ1) is 18.8. The minimum Gasteiger partial charge on any atom is -0.465 e. The number of carbonyl (C=O) groups excluding carboxylic acids is 2. The van der Waals surface area contributed by atoms with E-state index in [1.54, 1.807) is 16.2 Å². The number of fused-ring (bicyclic) bond motifs is 1. The van der Waals surface area contributed by atoms with Gasteiger partial charge in [-0.25, -0.2) is 9.59 Å². The van der Waals surface area contributed by atoms with Crippen LogP contribution in [0.25, 0.3) is 10.3 Å². The lowest BCUT2D eigenvalue weighted by Gasteiger charge is -2.32. The van der Waals surface area contributed by atoms with Crippen LogP contribution in [0.3, 0.4) is 0 Å². The molecule has 0 saturated carbocycles. The molecular formula is C28H36BrN3O6S2. The van der Waals surface area contributed by atoms with Gasteiger partial charge < -0.3 is 24.2 Å². The van der Waals surface area contributed by atoms with Crippen molar-refractivity contribution < 1.29 is 28.8 Å². The van der Waals surface area contributed by atoms with Crippen molar-refractivity contribution in [3.63, 3.8) is 0 Å². The Balaban J connectivity index is 0.000000188. The number of rotatable bonds is 3. The number of hydrogen-bond donors (Lipinski definition) is 1. The highest BCUT2D eigenvalue weighted by atomic mass is 79.9.